The van der Waals surface area contributed by atoms with E-state index in [0.717, 1.165) is 5.69 Å². The summed E-state index contributed by atoms with van der Waals surface area (Å²) in [4.78, 5) is 4.49. The van der Waals surface area contributed by atoms with Gasteiger partial charge in [0.1, 0.15) is 0 Å². The number of benzene rings is 1. The lowest BCUT2D eigenvalue weighted by Gasteiger charge is -1.98. The van der Waals surface area contributed by atoms with E-state index in [0.29, 0.717) is 0 Å². The summed E-state index contributed by atoms with van der Waals surface area (Å²) >= 11 is 2.29. The summed E-state index contributed by atoms with van der Waals surface area (Å²) in [5, 5.41) is 0. The second kappa shape index (κ2) is 5.04. The fraction of sp³-hybridized carbons (Fsp3) is 0.214. The van der Waals surface area contributed by atoms with Crippen LogP contribution in [0.1, 0.15) is 17.0 Å². The molecule has 0 unspecified atom stereocenters. The number of hydrogen-bond acceptors (Lipinski definition) is 1. The quantitative estimate of drug-likeness (QED) is 0.582. The Hall–Kier alpha value is -1.10. The van der Waals surface area contributed by atoms with Crippen LogP contribution in [0.25, 0.3) is 0 Å². The van der Waals surface area contributed by atoms with E-state index in [4.69, 9.17) is 0 Å². The summed E-state index contributed by atoms with van der Waals surface area (Å²) in [6.07, 6.45) is 1.94. The average molecular weight is 338 g/mol. The highest BCUT2D eigenvalue weighted by molar-refractivity contribution is 14.1. The van der Waals surface area contributed by atoms with Crippen LogP contribution in [0.15, 0.2) is 35.3 Å². The first-order chi connectivity index (χ1) is 8.08. The fourth-order valence-electron chi connectivity index (χ4n) is 1.69. The third kappa shape index (κ3) is 2.77. The van der Waals surface area contributed by atoms with Crippen molar-refractivity contribution in [2.24, 2.45) is 12.0 Å². The van der Waals surface area contributed by atoms with E-state index in [1.54, 1.807) is 0 Å². The van der Waals surface area contributed by atoms with Gasteiger partial charge < -0.3 is 4.57 Å². The maximum atomic E-state index is 4.49. The van der Waals surface area contributed by atoms with Gasteiger partial charge in [-0.1, -0.05) is 0 Å². The van der Waals surface area contributed by atoms with Crippen LogP contribution in [-0.2, 0) is 7.05 Å². The Bertz CT molecular complexity index is 550. The number of aryl methyl sites for hydroxylation is 1. The summed E-state index contributed by atoms with van der Waals surface area (Å²) in [7, 11) is 2.08. The largest absolute Gasteiger partial charge is 0.352 e. The summed E-state index contributed by atoms with van der Waals surface area (Å²) in [6.45, 7) is 4.22. The molecule has 0 saturated carbocycles. The van der Waals surface area contributed by atoms with Crippen LogP contribution in [0.2, 0.25) is 0 Å². The van der Waals surface area contributed by atoms with Gasteiger partial charge in [0, 0.05) is 33.8 Å². The average Bonchev–Trinajstić information content (AvgIpc) is 2.56. The van der Waals surface area contributed by atoms with Crippen LogP contribution in [0.5, 0.6) is 0 Å². The predicted molar refractivity (Wildman–Crippen MR) is 81.3 cm³/mol. The normalized spacial score (nSPS) is 11.3. The molecule has 1 heterocycles. The maximum absolute atomic E-state index is 4.49. The summed E-state index contributed by atoms with van der Waals surface area (Å²) in [6, 6.07) is 10.4. The van der Waals surface area contributed by atoms with Crippen LogP contribution in [0, 0.1) is 17.4 Å². The first-order valence-electron chi connectivity index (χ1n) is 5.50. The first kappa shape index (κ1) is 12.4. The minimum atomic E-state index is 0.992. The Morgan fingerprint density at radius 3 is 2.35 bits per heavy atom. The van der Waals surface area contributed by atoms with Gasteiger partial charge in [-0.25, -0.2) is 0 Å². The Balaban J connectivity index is 2.26. The van der Waals surface area contributed by atoms with Crippen molar-refractivity contribution in [1.82, 2.24) is 4.57 Å². The highest BCUT2D eigenvalue weighted by Crippen LogP contribution is 2.16. The number of halogens is 1. The van der Waals surface area contributed by atoms with Gasteiger partial charge in [-0.05, 0) is 66.8 Å². The van der Waals surface area contributed by atoms with Gasteiger partial charge >= 0.3 is 0 Å². The van der Waals surface area contributed by atoms with E-state index in [1.807, 2.05) is 18.3 Å². The van der Waals surface area contributed by atoms with Gasteiger partial charge in [-0.15, -0.1) is 0 Å². The highest BCUT2D eigenvalue weighted by atomic mass is 127. The zero-order valence-electron chi connectivity index (χ0n) is 10.2. The number of rotatable bonds is 2. The lowest BCUT2D eigenvalue weighted by atomic mass is 10.2. The van der Waals surface area contributed by atoms with Crippen LogP contribution >= 0.6 is 22.6 Å². The van der Waals surface area contributed by atoms with Crippen molar-refractivity contribution in [1.29, 1.82) is 0 Å². The van der Waals surface area contributed by atoms with Crippen molar-refractivity contribution in [2.45, 2.75) is 13.8 Å². The molecule has 1 aromatic heterocycles. The Morgan fingerprint density at radius 2 is 1.82 bits per heavy atom. The minimum absolute atomic E-state index is 0.992. The molecular weight excluding hydrogens is 323 g/mol. The van der Waals surface area contributed by atoms with Crippen LogP contribution in [0.3, 0.4) is 0 Å². The van der Waals surface area contributed by atoms with Crippen molar-refractivity contribution < 1.29 is 0 Å². The molecule has 0 saturated heterocycles. The van der Waals surface area contributed by atoms with Crippen LogP contribution in [-0.4, -0.2) is 10.8 Å². The number of hydrogen-bond donors (Lipinski definition) is 0. The summed E-state index contributed by atoms with van der Waals surface area (Å²) in [5.41, 5.74) is 4.68. The molecule has 0 radical (unpaired) electrons. The van der Waals surface area contributed by atoms with Crippen molar-refractivity contribution >= 4 is 34.5 Å². The molecule has 0 N–H and O–H groups in total. The molecule has 0 aliphatic heterocycles. The molecule has 0 atom stereocenters. The van der Waals surface area contributed by atoms with Gasteiger partial charge in [0.05, 0.1) is 5.69 Å². The molecule has 0 fully saturated rings. The van der Waals surface area contributed by atoms with Crippen LogP contribution < -0.4 is 0 Å². The highest BCUT2D eigenvalue weighted by Gasteiger charge is 2.02. The standard InChI is InChI=1S/C14H15IN2/c1-10-8-12(11(2)17(10)3)9-16-14-6-4-13(15)5-7-14/h4-9H,1-3H3. The predicted octanol–water partition coefficient (Wildman–Crippen LogP) is 4.00. The van der Waals surface area contributed by atoms with Crippen molar-refractivity contribution in [3.63, 3.8) is 0 Å². The topological polar surface area (TPSA) is 17.3 Å². The Kier molecular flexibility index (Phi) is 3.66. The lowest BCUT2D eigenvalue weighted by Crippen LogP contribution is -1.93. The second-order valence-electron chi connectivity index (χ2n) is 4.12. The van der Waals surface area contributed by atoms with E-state index in [2.05, 4.69) is 71.2 Å². The van der Waals surface area contributed by atoms with Crippen molar-refractivity contribution in [2.75, 3.05) is 0 Å². The lowest BCUT2D eigenvalue weighted by molar-refractivity contribution is 0.843. The second-order valence-corrected chi connectivity index (χ2v) is 5.37. The number of aromatic nitrogens is 1. The zero-order valence-corrected chi connectivity index (χ0v) is 12.4. The molecule has 0 aliphatic rings. The molecule has 0 bridgehead atoms. The monoisotopic (exact) mass is 338 g/mol. The van der Waals surface area contributed by atoms with E-state index in [-0.39, 0.29) is 0 Å². The number of nitrogens with zero attached hydrogens (tertiary/aromatic N) is 2. The van der Waals surface area contributed by atoms with E-state index in [1.165, 1.54) is 20.5 Å². The van der Waals surface area contributed by atoms with E-state index >= 15 is 0 Å². The molecule has 1 aromatic carbocycles. The first-order valence-corrected chi connectivity index (χ1v) is 6.58. The van der Waals surface area contributed by atoms with Gasteiger partial charge in [-0.3, -0.25) is 4.99 Å². The third-order valence-corrected chi connectivity index (χ3v) is 3.71. The summed E-state index contributed by atoms with van der Waals surface area (Å²) in [5.74, 6) is 0. The van der Waals surface area contributed by atoms with Crippen LogP contribution in [0.4, 0.5) is 5.69 Å². The van der Waals surface area contributed by atoms with Gasteiger partial charge in [-0.2, -0.15) is 0 Å². The molecule has 0 spiro atoms. The molecule has 2 nitrogen and oxygen atoms in total. The minimum Gasteiger partial charge on any atom is -0.352 e. The van der Waals surface area contributed by atoms with Gasteiger partial charge in [0.15, 0.2) is 0 Å². The molecular formula is C14H15IN2. The smallest absolute Gasteiger partial charge is 0.0630 e. The van der Waals surface area contributed by atoms with Gasteiger partial charge in [0.2, 0.25) is 0 Å². The molecule has 0 amide bonds. The van der Waals surface area contributed by atoms with E-state index in [9.17, 15) is 0 Å². The fourth-order valence-corrected chi connectivity index (χ4v) is 2.05. The Labute approximate surface area is 116 Å². The SMILES string of the molecule is Cc1cc(C=Nc2ccc(I)cc2)c(C)n1C. The third-order valence-electron chi connectivity index (χ3n) is 2.99. The maximum Gasteiger partial charge on any atom is 0.0630 e. The van der Waals surface area contributed by atoms with Gasteiger partial charge in [0.25, 0.3) is 0 Å². The molecule has 2 aromatic rings. The molecule has 0 aliphatic carbocycles. The van der Waals surface area contributed by atoms with E-state index < -0.39 is 0 Å². The molecule has 2 rings (SSSR count). The zero-order chi connectivity index (χ0) is 12.4. The molecule has 3 heteroatoms. The summed E-state index contributed by atoms with van der Waals surface area (Å²) < 4.78 is 3.41. The number of aliphatic imine (C=N–C) groups is 1. The van der Waals surface area contributed by atoms with Crippen molar-refractivity contribution in [3.8, 4) is 0 Å². The van der Waals surface area contributed by atoms with Crippen molar-refractivity contribution in [3.05, 3.63) is 50.9 Å². The molecule has 88 valence electrons. The molecule has 17 heavy (non-hydrogen) atoms. The Morgan fingerprint density at radius 1 is 1.18 bits per heavy atom.